The van der Waals surface area contributed by atoms with Crippen LogP contribution in [-0.2, 0) is 14.3 Å². The van der Waals surface area contributed by atoms with Crippen molar-refractivity contribution in [2.45, 2.75) is 49.5 Å². The Labute approximate surface area is 160 Å². The lowest BCUT2D eigenvalue weighted by Gasteiger charge is -2.44. The quantitative estimate of drug-likeness (QED) is 0.442. The van der Waals surface area contributed by atoms with Crippen molar-refractivity contribution < 1.29 is 14.3 Å². The van der Waals surface area contributed by atoms with Crippen LogP contribution in [0.15, 0.2) is 35.2 Å². The summed E-state index contributed by atoms with van der Waals surface area (Å²) in [7, 11) is 0. The molecule has 140 valence electrons. The number of amides is 1. The van der Waals surface area contributed by atoms with Gasteiger partial charge in [0.1, 0.15) is 0 Å². The average molecular weight is 374 g/mol. The van der Waals surface area contributed by atoms with Crippen molar-refractivity contribution in [3.05, 3.63) is 35.9 Å². The lowest BCUT2D eigenvalue weighted by atomic mass is 9.78. The summed E-state index contributed by atoms with van der Waals surface area (Å²) in [5.41, 5.74) is 0.937. The Morgan fingerprint density at radius 2 is 1.88 bits per heavy atom. The molecule has 0 radical (unpaired) electrons. The van der Waals surface area contributed by atoms with Crippen LogP contribution in [0.25, 0.3) is 6.08 Å². The van der Waals surface area contributed by atoms with Crippen LogP contribution in [0.2, 0.25) is 0 Å². The first-order valence-corrected chi connectivity index (χ1v) is 10.7. The van der Waals surface area contributed by atoms with Crippen LogP contribution >= 0.6 is 11.8 Å². The molecule has 5 heteroatoms. The minimum Gasteiger partial charge on any atom is -0.452 e. The van der Waals surface area contributed by atoms with Gasteiger partial charge in [0, 0.05) is 23.6 Å². The molecule has 26 heavy (non-hydrogen) atoms. The fourth-order valence-corrected chi connectivity index (χ4v) is 4.49. The molecule has 3 rings (SSSR count). The first-order chi connectivity index (χ1) is 12.7. The summed E-state index contributed by atoms with van der Waals surface area (Å²) in [6, 6.07) is 8.29. The number of hydrogen-bond donors (Lipinski definition) is 0. The Balaban J connectivity index is 1.48. The molecule has 1 saturated heterocycles. The number of fused-ring (bicyclic) bond motifs is 1. The highest BCUT2D eigenvalue weighted by molar-refractivity contribution is 7.98. The summed E-state index contributed by atoms with van der Waals surface area (Å²) in [6.45, 7) is 0.646. The molecule has 1 amide bonds. The summed E-state index contributed by atoms with van der Waals surface area (Å²) >= 11 is 1.68. The van der Waals surface area contributed by atoms with Crippen LogP contribution in [-0.4, -0.2) is 42.2 Å². The van der Waals surface area contributed by atoms with Gasteiger partial charge < -0.3 is 9.64 Å². The molecule has 1 aromatic carbocycles. The van der Waals surface area contributed by atoms with Crippen LogP contribution in [0.1, 0.15) is 44.1 Å². The third-order valence-electron chi connectivity index (χ3n) is 5.43. The summed E-state index contributed by atoms with van der Waals surface area (Å²) < 4.78 is 5.18. The molecule has 0 spiro atoms. The Hall–Kier alpha value is -1.75. The van der Waals surface area contributed by atoms with E-state index in [9.17, 15) is 9.59 Å². The second-order valence-electron chi connectivity index (χ2n) is 7.06. The van der Waals surface area contributed by atoms with Gasteiger partial charge in [-0.05, 0) is 61.6 Å². The molecular weight excluding hydrogens is 346 g/mol. The maximum Gasteiger partial charge on any atom is 0.331 e. The number of carbonyl (C=O) groups is 2. The van der Waals surface area contributed by atoms with Crippen molar-refractivity contribution in [3.8, 4) is 0 Å². The van der Waals surface area contributed by atoms with Gasteiger partial charge in [-0.2, -0.15) is 0 Å². The van der Waals surface area contributed by atoms with Crippen molar-refractivity contribution in [2.24, 2.45) is 5.92 Å². The zero-order valence-electron chi connectivity index (χ0n) is 15.4. The number of nitrogens with zero attached hydrogens (tertiary/aromatic N) is 1. The van der Waals surface area contributed by atoms with Crippen LogP contribution in [0, 0.1) is 5.92 Å². The molecule has 4 nitrogen and oxygen atoms in total. The van der Waals surface area contributed by atoms with E-state index in [1.54, 1.807) is 17.8 Å². The summed E-state index contributed by atoms with van der Waals surface area (Å²) in [6.07, 6.45) is 12.2. The van der Waals surface area contributed by atoms with E-state index in [2.05, 4.69) is 0 Å². The third kappa shape index (κ3) is 4.91. The molecule has 1 saturated carbocycles. The SMILES string of the molecule is CSc1ccc(/C=C/C(=O)OCC(=O)N2CCC[C@@H]3CCCC[C@@H]32)cc1. The maximum atomic E-state index is 12.5. The number of hydrogen-bond acceptors (Lipinski definition) is 4. The van der Waals surface area contributed by atoms with Crippen LogP contribution in [0.5, 0.6) is 0 Å². The van der Waals surface area contributed by atoms with E-state index >= 15 is 0 Å². The van der Waals surface area contributed by atoms with Gasteiger partial charge in [0.05, 0.1) is 0 Å². The van der Waals surface area contributed by atoms with E-state index in [1.807, 2.05) is 35.4 Å². The Bertz CT molecular complexity index is 654. The highest BCUT2D eigenvalue weighted by atomic mass is 32.2. The standard InChI is InChI=1S/C21H27NO3S/c1-26-18-11-8-16(9-12-18)10-13-21(24)25-15-20(23)22-14-4-6-17-5-2-3-7-19(17)22/h8-13,17,19H,2-7,14-15H2,1H3/b13-10+/t17-,19-/m0/s1. The zero-order chi connectivity index (χ0) is 18.4. The molecule has 1 aromatic rings. The Kier molecular flexibility index (Phi) is 6.78. The highest BCUT2D eigenvalue weighted by Crippen LogP contribution is 2.35. The predicted molar refractivity (Wildman–Crippen MR) is 105 cm³/mol. The molecule has 0 N–H and O–H groups in total. The molecule has 2 aliphatic rings. The zero-order valence-corrected chi connectivity index (χ0v) is 16.2. The molecule has 0 aromatic heterocycles. The predicted octanol–water partition coefficient (Wildman–Crippen LogP) is 4.15. The fraction of sp³-hybridized carbons (Fsp3) is 0.524. The summed E-state index contributed by atoms with van der Waals surface area (Å²) in [4.78, 5) is 27.6. The number of thioether (sulfide) groups is 1. The topological polar surface area (TPSA) is 46.6 Å². The minimum absolute atomic E-state index is 0.0485. The summed E-state index contributed by atoms with van der Waals surface area (Å²) in [5.74, 6) is 0.124. The number of rotatable bonds is 5. The van der Waals surface area contributed by atoms with Gasteiger partial charge in [0.2, 0.25) is 0 Å². The van der Waals surface area contributed by atoms with E-state index in [-0.39, 0.29) is 12.5 Å². The normalized spacial score (nSPS) is 22.9. The van der Waals surface area contributed by atoms with Gasteiger partial charge >= 0.3 is 5.97 Å². The van der Waals surface area contributed by atoms with Gasteiger partial charge in [-0.1, -0.05) is 25.0 Å². The molecule has 0 unspecified atom stereocenters. The monoisotopic (exact) mass is 373 g/mol. The Morgan fingerprint density at radius 1 is 1.15 bits per heavy atom. The van der Waals surface area contributed by atoms with Gasteiger partial charge in [0.15, 0.2) is 6.61 Å². The molecule has 1 aliphatic carbocycles. The first-order valence-electron chi connectivity index (χ1n) is 9.46. The van der Waals surface area contributed by atoms with Crippen molar-refractivity contribution in [1.29, 1.82) is 0 Å². The largest absolute Gasteiger partial charge is 0.452 e. The number of carbonyl (C=O) groups excluding carboxylic acids is 2. The highest BCUT2D eigenvalue weighted by Gasteiger charge is 2.35. The fourth-order valence-electron chi connectivity index (χ4n) is 4.08. The van der Waals surface area contributed by atoms with Crippen LogP contribution in [0.3, 0.4) is 0 Å². The second-order valence-corrected chi connectivity index (χ2v) is 7.94. The lowest BCUT2D eigenvalue weighted by Crippen LogP contribution is -2.50. The van der Waals surface area contributed by atoms with Crippen molar-refractivity contribution >= 4 is 29.7 Å². The van der Waals surface area contributed by atoms with Crippen molar-refractivity contribution in [3.63, 3.8) is 0 Å². The van der Waals surface area contributed by atoms with E-state index in [0.717, 1.165) is 24.9 Å². The number of ether oxygens (including phenoxy) is 1. The Morgan fingerprint density at radius 3 is 2.65 bits per heavy atom. The van der Waals surface area contributed by atoms with E-state index in [4.69, 9.17) is 4.74 Å². The van der Waals surface area contributed by atoms with Crippen molar-refractivity contribution in [2.75, 3.05) is 19.4 Å². The molecule has 2 atom stereocenters. The number of benzene rings is 1. The van der Waals surface area contributed by atoms with Crippen LogP contribution in [0.4, 0.5) is 0 Å². The first kappa shape index (κ1) is 19.0. The van der Waals surface area contributed by atoms with Crippen LogP contribution < -0.4 is 0 Å². The number of piperidine rings is 1. The average Bonchev–Trinajstić information content (AvgIpc) is 2.70. The minimum atomic E-state index is -0.468. The molecule has 1 aliphatic heterocycles. The third-order valence-corrected chi connectivity index (χ3v) is 6.17. The second kappa shape index (κ2) is 9.26. The van der Waals surface area contributed by atoms with Gasteiger partial charge in [-0.15, -0.1) is 11.8 Å². The number of likely N-dealkylation sites (tertiary alicyclic amines) is 1. The van der Waals surface area contributed by atoms with E-state index in [1.165, 1.54) is 36.7 Å². The van der Waals surface area contributed by atoms with Gasteiger partial charge in [-0.25, -0.2) is 4.79 Å². The van der Waals surface area contributed by atoms with E-state index in [0.29, 0.717) is 12.0 Å². The number of esters is 1. The lowest BCUT2D eigenvalue weighted by molar-refractivity contribution is -0.151. The molecule has 0 bridgehead atoms. The van der Waals surface area contributed by atoms with E-state index < -0.39 is 5.97 Å². The maximum absolute atomic E-state index is 12.5. The molecule has 1 heterocycles. The van der Waals surface area contributed by atoms with Gasteiger partial charge in [-0.3, -0.25) is 4.79 Å². The van der Waals surface area contributed by atoms with Crippen molar-refractivity contribution in [1.82, 2.24) is 4.90 Å². The van der Waals surface area contributed by atoms with Gasteiger partial charge in [0.25, 0.3) is 5.91 Å². The smallest absolute Gasteiger partial charge is 0.331 e. The molecular formula is C21H27NO3S. The molecule has 2 fully saturated rings. The summed E-state index contributed by atoms with van der Waals surface area (Å²) in [5, 5.41) is 0.